The average molecular weight is 444 g/mol. The number of aromatic amines is 1. The van der Waals surface area contributed by atoms with Crippen molar-refractivity contribution < 1.29 is 9.53 Å². The molecule has 4 rings (SSSR count). The molecule has 0 atom stereocenters. The molecule has 0 aliphatic carbocycles. The van der Waals surface area contributed by atoms with Crippen molar-refractivity contribution in [2.75, 3.05) is 11.9 Å². The molecule has 0 fully saturated rings. The number of anilines is 2. The van der Waals surface area contributed by atoms with Crippen LogP contribution in [0.3, 0.4) is 0 Å². The second-order valence-corrected chi connectivity index (χ2v) is 7.65. The predicted molar refractivity (Wildman–Crippen MR) is 108 cm³/mol. The van der Waals surface area contributed by atoms with E-state index in [-0.39, 0.29) is 10.8 Å². The number of H-pyrrole nitrogens is 1. The van der Waals surface area contributed by atoms with Crippen molar-refractivity contribution in [1.29, 1.82) is 0 Å². The van der Waals surface area contributed by atoms with Gasteiger partial charge >= 0.3 is 4.87 Å². The Morgan fingerprint density at radius 3 is 2.70 bits per heavy atom. The van der Waals surface area contributed by atoms with Gasteiger partial charge in [0.25, 0.3) is 5.91 Å². The molecule has 3 aromatic rings. The van der Waals surface area contributed by atoms with E-state index in [1.54, 1.807) is 6.07 Å². The highest BCUT2D eigenvalue weighted by molar-refractivity contribution is 9.10. The van der Waals surface area contributed by atoms with E-state index in [1.807, 2.05) is 43.3 Å². The fourth-order valence-electron chi connectivity index (χ4n) is 2.84. The highest BCUT2D eigenvalue weighted by Gasteiger charge is 2.24. The summed E-state index contributed by atoms with van der Waals surface area (Å²) in [7, 11) is 0. The third-order valence-electron chi connectivity index (χ3n) is 3.97. The molecule has 2 N–H and O–H groups in total. The molecule has 1 aliphatic heterocycles. The Morgan fingerprint density at radius 1 is 1.19 bits per heavy atom. The van der Waals surface area contributed by atoms with Gasteiger partial charge in [0.1, 0.15) is 11.6 Å². The first-order valence-corrected chi connectivity index (χ1v) is 9.82. The Bertz CT molecular complexity index is 1210. The number of nitrogens with zero attached hydrogens (tertiary/aromatic N) is 1. The van der Waals surface area contributed by atoms with Crippen molar-refractivity contribution >= 4 is 50.3 Å². The monoisotopic (exact) mass is 443 g/mol. The number of thiazole rings is 1. The van der Waals surface area contributed by atoms with Crippen LogP contribution in [0.25, 0.3) is 5.57 Å². The SMILES string of the molecule is CCOc1ccc(Nc2[nH]c(=O)sc2C2=c3cc(Br)ccc3=NC2=O)cc1. The van der Waals surface area contributed by atoms with Gasteiger partial charge < -0.3 is 10.1 Å². The number of benzene rings is 2. The summed E-state index contributed by atoms with van der Waals surface area (Å²) < 4.78 is 6.28. The number of carbonyl (C=O) groups is 1. The van der Waals surface area contributed by atoms with Crippen LogP contribution in [0.15, 0.2) is 56.7 Å². The lowest BCUT2D eigenvalue weighted by molar-refractivity contribution is -0.112. The minimum absolute atomic E-state index is 0.248. The summed E-state index contributed by atoms with van der Waals surface area (Å²) in [4.78, 5) is 31.7. The number of hydrogen-bond acceptors (Lipinski definition) is 5. The predicted octanol–water partition coefficient (Wildman–Crippen LogP) is 2.70. The average Bonchev–Trinajstić information content (AvgIpc) is 3.15. The van der Waals surface area contributed by atoms with Gasteiger partial charge in [-0.15, -0.1) is 0 Å². The number of nitrogens with one attached hydrogen (secondary N) is 2. The van der Waals surface area contributed by atoms with Gasteiger partial charge in [0, 0.05) is 15.4 Å². The lowest BCUT2D eigenvalue weighted by Gasteiger charge is -2.08. The first-order chi connectivity index (χ1) is 13.0. The van der Waals surface area contributed by atoms with Gasteiger partial charge in [-0.1, -0.05) is 27.3 Å². The summed E-state index contributed by atoms with van der Waals surface area (Å²) in [6.45, 7) is 2.51. The summed E-state index contributed by atoms with van der Waals surface area (Å²) in [5.41, 5.74) is 1.19. The molecular weight excluding hydrogens is 430 g/mol. The number of fused-ring (bicyclic) bond motifs is 1. The zero-order valence-electron chi connectivity index (χ0n) is 14.2. The Balaban J connectivity index is 1.78. The summed E-state index contributed by atoms with van der Waals surface area (Å²) in [6.07, 6.45) is 0. The lowest BCUT2D eigenvalue weighted by atomic mass is 10.1. The highest BCUT2D eigenvalue weighted by Crippen LogP contribution is 2.28. The maximum atomic E-state index is 12.5. The van der Waals surface area contributed by atoms with Gasteiger partial charge in [-0.05, 0) is 49.4 Å². The van der Waals surface area contributed by atoms with Gasteiger partial charge in [0.15, 0.2) is 0 Å². The molecule has 8 heteroatoms. The van der Waals surface area contributed by atoms with Crippen LogP contribution in [-0.2, 0) is 4.79 Å². The number of halogens is 1. The number of rotatable bonds is 5. The topological polar surface area (TPSA) is 83.5 Å². The molecule has 0 spiro atoms. The molecule has 0 saturated heterocycles. The highest BCUT2D eigenvalue weighted by atomic mass is 79.9. The summed E-state index contributed by atoms with van der Waals surface area (Å²) >= 11 is 4.41. The smallest absolute Gasteiger partial charge is 0.306 e. The Kier molecular flexibility index (Phi) is 4.67. The zero-order valence-corrected chi connectivity index (χ0v) is 16.6. The molecule has 136 valence electrons. The van der Waals surface area contributed by atoms with E-state index in [9.17, 15) is 9.59 Å². The van der Waals surface area contributed by atoms with Gasteiger partial charge in [-0.25, -0.2) is 4.99 Å². The van der Waals surface area contributed by atoms with Gasteiger partial charge in [-0.2, -0.15) is 0 Å². The van der Waals surface area contributed by atoms with E-state index in [0.717, 1.165) is 27.2 Å². The largest absolute Gasteiger partial charge is 0.494 e. The minimum atomic E-state index is -0.354. The standard InChI is InChI=1S/C19H14BrN3O3S/c1-2-26-12-6-4-11(5-7-12)21-17-16(27-19(25)23-17)15-13-9-10(20)3-8-14(13)22-18(15)24/h3-9,21H,2H2,1H3,(H,23,25). The van der Waals surface area contributed by atoms with Crippen LogP contribution >= 0.6 is 27.3 Å². The molecule has 2 heterocycles. The van der Waals surface area contributed by atoms with Crippen LogP contribution in [0, 0.1) is 0 Å². The number of ether oxygens (including phenoxy) is 1. The molecule has 2 aromatic carbocycles. The van der Waals surface area contributed by atoms with E-state index in [1.165, 1.54) is 0 Å². The molecule has 1 amide bonds. The van der Waals surface area contributed by atoms with Crippen LogP contribution in [0.4, 0.5) is 11.5 Å². The molecule has 1 aliphatic rings. The van der Waals surface area contributed by atoms with Gasteiger partial charge in [0.05, 0.1) is 22.4 Å². The van der Waals surface area contributed by atoms with E-state index in [2.05, 4.69) is 31.2 Å². The van der Waals surface area contributed by atoms with Crippen molar-refractivity contribution in [3.05, 3.63) is 72.1 Å². The van der Waals surface area contributed by atoms with Gasteiger partial charge in [-0.3, -0.25) is 14.6 Å². The van der Waals surface area contributed by atoms with Gasteiger partial charge in [0.2, 0.25) is 0 Å². The van der Waals surface area contributed by atoms with Crippen LogP contribution < -0.4 is 25.5 Å². The first-order valence-electron chi connectivity index (χ1n) is 8.21. The van der Waals surface area contributed by atoms with Crippen molar-refractivity contribution in [3.63, 3.8) is 0 Å². The fraction of sp³-hybridized carbons (Fsp3) is 0.105. The van der Waals surface area contributed by atoms with Crippen LogP contribution in [0.2, 0.25) is 0 Å². The second-order valence-electron chi connectivity index (χ2n) is 5.75. The number of aromatic nitrogens is 1. The Morgan fingerprint density at radius 2 is 1.96 bits per heavy atom. The number of hydrogen-bond donors (Lipinski definition) is 2. The Hall–Kier alpha value is -2.71. The molecule has 0 radical (unpaired) electrons. The van der Waals surface area contributed by atoms with Crippen molar-refractivity contribution in [2.45, 2.75) is 6.92 Å². The normalized spacial score (nSPS) is 12.7. The molecule has 1 aromatic heterocycles. The molecule has 6 nitrogen and oxygen atoms in total. The molecule has 27 heavy (non-hydrogen) atoms. The molecule has 0 saturated carbocycles. The van der Waals surface area contributed by atoms with Crippen LogP contribution in [-0.4, -0.2) is 17.5 Å². The molecule has 0 bridgehead atoms. The van der Waals surface area contributed by atoms with E-state index < -0.39 is 0 Å². The third-order valence-corrected chi connectivity index (χ3v) is 5.37. The molecule has 0 unspecified atom stereocenters. The number of carbonyl (C=O) groups excluding carboxylic acids is 1. The first kappa shape index (κ1) is 17.7. The maximum absolute atomic E-state index is 12.5. The summed E-state index contributed by atoms with van der Waals surface area (Å²) in [6, 6.07) is 12.8. The van der Waals surface area contributed by atoms with E-state index >= 15 is 0 Å². The zero-order chi connectivity index (χ0) is 19.0. The lowest BCUT2D eigenvalue weighted by Crippen LogP contribution is -2.23. The third kappa shape index (κ3) is 3.45. The molecular formula is C19H14BrN3O3S. The van der Waals surface area contributed by atoms with Crippen molar-refractivity contribution in [2.24, 2.45) is 4.99 Å². The number of amides is 1. The van der Waals surface area contributed by atoms with Crippen molar-refractivity contribution in [1.82, 2.24) is 4.98 Å². The van der Waals surface area contributed by atoms with Crippen LogP contribution in [0.1, 0.15) is 11.8 Å². The van der Waals surface area contributed by atoms with E-state index in [4.69, 9.17) is 4.74 Å². The van der Waals surface area contributed by atoms with E-state index in [0.29, 0.717) is 33.5 Å². The fourth-order valence-corrected chi connectivity index (χ4v) is 4.05. The quantitative estimate of drug-likeness (QED) is 0.634. The van der Waals surface area contributed by atoms with Crippen LogP contribution in [0.5, 0.6) is 5.75 Å². The second kappa shape index (κ2) is 7.13. The summed E-state index contributed by atoms with van der Waals surface area (Å²) in [5.74, 6) is 0.883. The minimum Gasteiger partial charge on any atom is -0.494 e. The maximum Gasteiger partial charge on any atom is 0.306 e. The Labute approximate surface area is 166 Å². The summed E-state index contributed by atoms with van der Waals surface area (Å²) in [5, 5.41) is 4.49. The van der Waals surface area contributed by atoms with Crippen molar-refractivity contribution in [3.8, 4) is 5.75 Å².